The first-order valence-corrected chi connectivity index (χ1v) is 4.60. The van der Waals surface area contributed by atoms with Gasteiger partial charge in [-0.3, -0.25) is 0 Å². The predicted molar refractivity (Wildman–Crippen MR) is 49.6 cm³/mol. The fraction of sp³-hybridized carbons (Fsp3) is 0.556. The van der Waals surface area contributed by atoms with Gasteiger partial charge in [0.1, 0.15) is 0 Å². The van der Waals surface area contributed by atoms with Crippen molar-refractivity contribution in [3.8, 4) is 0 Å². The van der Waals surface area contributed by atoms with Crippen LogP contribution in [0.15, 0.2) is 10.9 Å². The van der Waals surface area contributed by atoms with Crippen LogP contribution in [-0.2, 0) is 6.42 Å². The Kier molecular flexibility index (Phi) is 2.14. The normalized spacial score (nSPS) is 16.1. The highest BCUT2D eigenvalue weighted by Gasteiger charge is 2.25. The van der Waals surface area contributed by atoms with Crippen LogP contribution in [0.2, 0.25) is 0 Å². The van der Waals surface area contributed by atoms with Gasteiger partial charge in [-0.25, -0.2) is 4.79 Å². The van der Waals surface area contributed by atoms with Crippen LogP contribution in [0.3, 0.4) is 0 Å². The monoisotopic (exact) mass is 179 g/mol. The zero-order valence-corrected chi connectivity index (χ0v) is 7.42. The van der Waals surface area contributed by atoms with Gasteiger partial charge in [-0.2, -0.15) is 4.98 Å². The Balaban J connectivity index is 2.30. The number of rotatable bonds is 3. The molecule has 3 N–H and O–H groups in total. The molecule has 70 valence electrons. The molecular weight excluding hydrogens is 166 g/mol. The molecule has 0 amide bonds. The van der Waals surface area contributed by atoms with Gasteiger partial charge < -0.3 is 10.7 Å². The summed E-state index contributed by atoms with van der Waals surface area (Å²) < 4.78 is 0. The zero-order valence-electron chi connectivity index (χ0n) is 7.42. The second kappa shape index (κ2) is 3.30. The molecule has 4 heteroatoms. The molecule has 1 aromatic rings. The van der Waals surface area contributed by atoms with E-state index in [0.717, 1.165) is 17.8 Å². The largest absolute Gasteiger partial charge is 0.345 e. The molecule has 0 bridgehead atoms. The van der Waals surface area contributed by atoms with Gasteiger partial charge in [0.15, 0.2) is 0 Å². The number of aromatic nitrogens is 2. The molecule has 1 aliphatic carbocycles. The molecule has 1 fully saturated rings. The smallest absolute Gasteiger partial charge is 0.330 e. The highest BCUT2D eigenvalue weighted by molar-refractivity contribution is 5.17. The van der Waals surface area contributed by atoms with Crippen LogP contribution in [0.5, 0.6) is 0 Å². The third kappa shape index (κ3) is 1.95. The Morgan fingerprint density at radius 3 is 3.00 bits per heavy atom. The molecule has 0 radical (unpaired) electrons. The second-order valence-electron chi connectivity index (χ2n) is 3.45. The SMILES string of the molecule is NCCc1cc(C2CC2)nc(=O)[nH]1. The quantitative estimate of drug-likeness (QED) is 0.693. The lowest BCUT2D eigenvalue weighted by atomic mass is 10.2. The number of nitrogens with zero attached hydrogens (tertiary/aromatic N) is 1. The Labute approximate surface area is 76.2 Å². The Morgan fingerprint density at radius 2 is 2.38 bits per heavy atom. The van der Waals surface area contributed by atoms with E-state index < -0.39 is 0 Å². The molecule has 0 saturated heterocycles. The summed E-state index contributed by atoms with van der Waals surface area (Å²) in [7, 11) is 0. The van der Waals surface area contributed by atoms with E-state index in [1.807, 2.05) is 6.07 Å². The van der Waals surface area contributed by atoms with Gasteiger partial charge >= 0.3 is 5.69 Å². The summed E-state index contributed by atoms with van der Waals surface area (Å²) in [6.45, 7) is 0.560. The number of hydrogen-bond acceptors (Lipinski definition) is 3. The van der Waals surface area contributed by atoms with Crippen LogP contribution in [0, 0.1) is 0 Å². The van der Waals surface area contributed by atoms with E-state index in [9.17, 15) is 4.79 Å². The van der Waals surface area contributed by atoms with Crippen molar-refractivity contribution >= 4 is 0 Å². The van der Waals surface area contributed by atoms with E-state index in [0.29, 0.717) is 12.5 Å². The Hall–Kier alpha value is -1.16. The van der Waals surface area contributed by atoms with Crippen molar-refractivity contribution < 1.29 is 0 Å². The molecule has 1 aliphatic rings. The van der Waals surface area contributed by atoms with Gasteiger partial charge in [-0.1, -0.05) is 0 Å². The molecule has 13 heavy (non-hydrogen) atoms. The summed E-state index contributed by atoms with van der Waals surface area (Å²) in [6.07, 6.45) is 3.05. The standard InChI is InChI=1S/C9H13N3O/c10-4-3-7-5-8(6-1-2-6)12-9(13)11-7/h5-6H,1-4,10H2,(H,11,12,13). The molecule has 2 rings (SSSR count). The van der Waals surface area contributed by atoms with Crippen LogP contribution >= 0.6 is 0 Å². The van der Waals surface area contributed by atoms with Crippen molar-refractivity contribution in [2.24, 2.45) is 5.73 Å². The van der Waals surface area contributed by atoms with Crippen LogP contribution in [0.1, 0.15) is 30.1 Å². The minimum atomic E-state index is -0.243. The highest BCUT2D eigenvalue weighted by Crippen LogP contribution is 2.38. The van der Waals surface area contributed by atoms with Gasteiger partial charge in [-0.05, 0) is 31.9 Å². The third-order valence-electron chi connectivity index (χ3n) is 2.23. The summed E-state index contributed by atoms with van der Waals surface area (Å²) in [4.78, 5) is 17.7. The first-order chi connectivity index (χ1) is 6.29. The van der Waals surface area contributed by atoms with Gasteiger partial charge in [0.25, 0.3) is 0 Å². The minimum Gasteiger partial charge on any atom is -0.330 e. The summed E-state index contributed by atoms with van der Waals surface area (Å²) in [5.74, 6) is 0.527. The molecule has 1 heterocycles. The molecule has 4 nitrogen and oxygen atoms in total. The summed E-state index contributed by atoms with van der Waals surface area (Å²) in [5, 5.41) is 0. The Bertz CT molecular complexity index is 354. The van der Waals surface area contributed by atoms with Gasteiger partial charge in [0.05, 0.1) is 5.69 Å². The predicted octanol–water partition coefficient (Wildman–Crippen LogP) is 0.148. The summed E-state index contributed by atoms with van der Waals surface area (Å²) in [6, 6.07) is 1.96. The van der Waals surface area contributed by atoms with Crippen LogP contribution in [0.25, 0.3) is 0 Å². The summed E-state index contributed by atoms with van der Waals surface area (Å²) in [5.41, 5.74) is 7.01. The lowest BCUT2D eigenvalue weighted by Crippen LogP contribution is -2.16. The zero-order chi connectivity index (χ0) is 9.26. The highest BCUT2D eigenvalue weighted by atomic mass is 16.1. The van der Waals surface area contributed by atoms with E-state index in [2.05, 4.69) is 9.97 Å². The Morgan fingerprint density at radius 1 is 1.62 bits per heavy atom. The molecule has 1 aromatic heterocycles. The van der Waals surface area contributed by atoms with Crippen molar-refractivity contribution in [3.63, 3.8) is 0 Å². The molecule has 0 aromatic carbocycles. The van der Waals surface area contributed by atoms with E-state index in [-0.39, 0.29) is 5.69 Å². The molecule has 1 saturated carbocycles. The number of hydrogen-bond donors (Lipinski definition) is 2. The van der Waals surface area contributed by atoms with Gasteiger partial charge in [0, 0.05) is 11.6 Å². The first kappa shape index (κ1) is 8.44. The van der Waals surface area contributed by atoms with E-state index in [4.69, 9.17) is 5.73 Å². The second-order valence-corrected chi connectivity index (χ2v) is 3.45. The maximum Gasteiger partial charge on any atom is 0.345 e. The topological polar surface area (TPSA) is 71.8 Å². The van der Waals surface area contributed by atoms with E-state index in [1.54, 1.807) is 0 Å². The molecule has 0 atom stereocenters. The van der Waals surface area contributed by atoms with Crippen LogP contribution in [-0.4, -0.2) is 16.5 Å². The lowest BCUT2D eigenvalue weighted by molar-refractivity contribution is 0.857. The minimum absolute atomic E-state index is 0.243. The van der Waals surface area contributed by atoms with Crippen LogP contribution < -0.4 is 11.4 Å². The maximum atomic E-state index is 11.1. The maximum absolute atomic E-state index is 11.1. The van der Waals surface area contributed by atoms with Crippen LogP contribution in [0.4, 0.5) is 0 Å². The van der Waals surface area contributed by atoms with E-state index >= 15 is 0 Å². The molecule has 0 spiro atoms. The number of nitrogens with one attached hydrogen (secondary N) is 1. The lowest BCUT2D eigenvalue weighted by Gasteiger charge is -2.00. The fourth-order valence-corrected chi connectivity index (χ4v) is 1.41. The number of aromatic amines is 1. The average Bonchev–Trinajstić information content (AvgIpc) is 2.85. The third-order valence-corrected chi connectivity index (χ3v) is 2.23. The van der Waals surface area contributed by atoms with Crippen molar-refractivity contribution in [2.45, 2.75) is 25.2 Å². The van der Waals surface area contributed by atoms with Crippen molar-refractivity contribution in [1.82, 2.24) is 9.97 Å². The number of H-pyrrole nitrogens is 1. The molecule has 0 unspecified atom stereocenters. The summed E-state index contributed by atoms with van der Waals surface area (Å²) >= 11 is 0. The van der Waals surface area contributed by atoms with Crippen molar-refractivity contribution in [1.29, 1.82) is 0 Å². The molecular formula is C9H13N3O. The number of nitrogens with two attached hydrogens (primary N) is 1. The molecule has 0 aliphatic heterocycles. The van der Waals surface area contributed by atoms with Gasteiger partial charge in [0.2, 0.25) is 0 Å². The first-order valence-electron chi connectivity index (χ1n) is 4.60. The fourth-order valence-electron chi connectivity index (χ4n) is 1.41. The van der Waals surface area contributed by atoms with Crippen molar-refractivity contribution in [2.75, 3.05) is 6.54 Å². The van der Waals surface area contributed by atoms with E-state index in [1.165, 1.54) is 12.8 Å². The average molecular weight is 179 g/mol. The van der Waals surface area contributed by atoms with Crippen molar-refractivity contribution in [3.05, 3.63) is 27.9 Å². The van der Waals surface area contributed by atoms with Gasteiger partial charge in [-0.15, -0.1) is 0 Å².